The number of hydrogen-bond donors (Lipinski definition) is 0. The summed E-state index contributed by atoms with van der Waals surface area (Å²) < 4.78 is 0.0434. The van der Waals surface area contributed by atoms with Gasteiger partial charge in [-0.3, -0.25) is 0 Å². The molecule has 0 heterocycles. The zero-order valence-corrected chi connectivity index (χ0v) is 7.98. The predicted octanol–water partition coefficient (Wildman–Crippen LogP) is 3.12. The van der Waals surface area contributed by atoms with E-state index in [1.54, 1.807) is 0 Å². The van der Waals surface area contributed by atoms with Crippen molar-refractivity contribution in [3.8, 4) is 0 Å². The minimum atomic E-state index is 0.0434. The summed E-state index contributed by atoms with van der Waals surface area (Å²) in [5.74, 6) is 0.688. The van der Waals surface area contributed by atoms with Gasteiger partial charge in [-0.1, -0.05) is 31.9 Å². The standard InChI is InChI=1S/C4H7Br2Cl/c1-4(5,6)2-3-7/h2-3H2,1H3. The van der Waals surface area contributed by atoms with Gasteiger partial charge in [-0.15, -0.1) is 11.6 Å². The van der Waals surface area contributed by atoms with Crippen molar-refractivity contribution in [2.75, 3.05) is 5.88 Å². The van der Waals surface area contributed by atoms with Gasteiger partial charge in [0.25, 0.3) is 0 Å². The van der Waals surface area contributed by atoms with Crippen LogP contribution in [0.1, 0.15) is 13.3 Å². The number of hydrogen-bond acceptors (Lipinski definition) is 0. The zero-order valence-electron chi connectivity index (χ0n) is 4.05. The van der Waals surface area contributed by atoms with E-state index in [2.05, 4.69) is 31.9 Å². The van der Waals surface area contributed by atoms with Gasteiger partial charge >= 0.3 is 0 Å². The summed E-state index contributed by atoms with van der Waals surface area (Å²) in [6, 6.07) is 0. The van der Waals surface area contributed by atoms with Crippen molar-refractivity contribution in [1.29, 1.82) is 0 Å². The molecule has 0 amide bonds. The van der Waals surface area contributed by atoms with Crippen molar-refractivity contribution < 1.29 is 0 Å². The first-order valence-corrected chi connectivity index (χ1v) is 4.12. The van der Waals surface area contributed by atoms with E-state index < -0.39 is 0 Å². The van der Waals surface area contributed by atoms with Gasteiger partial charge < -0.3 is 0 Å². The minimum absolute atomic E-state index is 0.0434. The van der Waals surface area contributed by atoms with E-state index in [9.17, 15) is 0 Å². The van der Waals surface area contributed by atoms with Gasteiger partial charge in [0, 0.05) is 5.88 Å². The summed E-state index contributed by atoms with van der Waals surface area (Å²) in [7, 11) is 0. The fourth-order valence-electron chi connectivity index (χ4n) is 0.166. The van der Waals surface area contributed by atoms with Gasteiger partial charge in [-0.25, -0.2) is 0 Å². The van der Waals surface area contributed by atoms with Gasteiger partial charge in [0.15, 0.2) is 0 Å². The molecule has 0 aliphatic rings. The lowest BCUT2D eigenvalue weighted by molar-refractivity contribution is 0.885. The molecule has 0 aliphatic carbocycles. The Morgan fingerprint density at radius 3 is 2.00 bits per heavy atom. The molecule has 7 heavy (non-hydrogen) atoms. The number of rotatable bonds is 2. The third-order valence-corrected chi connectivity index (χ3v) is 1.52. The van der Waals surface area contributed by atoms with E-state index >= 15 is 0 Å². The van der Waals surface area contributed by atoms with Crippen molar-refractivity contribution >= 4 is 43.5 Å². The van der Waals surface area contributed by atoms with Gasteiger partial charge in [-0.05, 0) is 13.3 Å². The van der Waals surface area contributed by atoms with Crippen LogP contribution < -0.4 is 0 Å². The summed E-state index contributed by atoms with van der Waals surface area (Å²) in [5, 5.41) is 0. The van der Waals surface area contributed by atoms with E-state index in [0.29, 0.717) is 5.88 Å². The molecule has 3 heteroatoms. The number of halogens is 3. The molecule has 0 N–H and O–H groups in total. The average molecular weight is 250 g/mol. The van der Waals surface area contributed by atoms with Crippen LogP contribution in [0, 0.1) is 0 Å². The van der Waals surface area contributed by atoms with Crippen LogP contribution in [0.15, 0.2) is 0 Å². The van der Waals surface area contributed by atoms with Gasteiger partial charge in [0.2, 0.25) is 0 Å². The maximum absolute atomic E-state index is 5.43. The summed E-state index contributed by atoms with van der Waals surface area (Å²) in [4.78, 5) is 0. The normalized spacial score (nSPS) is 12.0. The van der Waals surface area contributed by atoms with Gasteiger partial charge in [0.05, 0.1) is 3.23 Å². The fourth-order valence-corrected chi connectivity index (χ4v) is 1.40. The lowest BCUT2D eigenvalue weighted by Crippen LogP contribution is -2.03. The Morgan fingerprint density at radius 1 is 1.57 bits per heavy atom. The third-order valence-electron chi connectivity index (χ3n) is 0.533. The van der Waals surface area contributed by atoms with Crippen molar-refractivity contribution in [1.82, 2.24) is 0 Å². The van der Waals surface area contributed by atoms with Crippen molar-refractivity contribution in [3.05, 3.63) is 0 Å². The van der Waals surface area contributed by atoms with Crippen LogP contribution in [0.5, 0.6) is 0 Å². The Hall–Kier alpha value is 1.25. The molecule has 0 aromatic heterocycles. The summed E-state index contributed by atoms with van der Waals surface area (Å²) >= 11 is 12.2. The molecule has 0 aromatic carbocycles. The molecular weight excluding hydrogens is 243 g/mol. The van der Waals surface area contributed by atoms with Crippen LogP contribution in [0.3, 0.4) is 0 Å². The van der Waals surface area contributed by atoms with E-state index in [-0.39, 0.29) is 3.23 Å². The topological polar surface area (TPSA) is 0 Å². The third kappa shape index (κ3) is 7.25. The minimum Gasteiger partial charge on any atom is -0.127 e. The molecule has 0 rings (SSSR count). The van der Waals surface area contributed by atoms with Crippen LogP contribution in [0.4, 0.5) is 0 Å². The van der Waals surface area contributed by atoms with Gasteiger partial charge in [0.1, 0.15) is 0 Å². The van der Waals surface area contributed by atoms with Gasteiger partial charge in [-0.2, -0.15) is 0 Å². The first kappa shape index (κ1) is 8.25. The molecule has 0 aromatic rings. The highest BCUT2D eigenvalue weighted by Crippen LogP contribution is 2.28. The molecule has 0 fully saturated rings. The van der Waals surface area contributed by atoms with Crippen LogP contribution in [0.25, 0.3) is 0 Å². The highest BCUT2D eigenvalue weighted by Gasteiger charge is 2.12. The lowest BCUT2D eigenvalue weighted by Gasteiger charge is -2.09. The zero-order chi connectivity index (χ0) is 5.91. The lowest BCUT2D eigenvalue weighted by atomic mass is 10.4. The summed E-state index contributed by atoms with van der Waals surface area (Å²) in [5.41, 5.74) is 0. The average Bonchev–Trinajstić information content (AvgIpc) is 1.30. The Labute approximate surface area is 65.9 Å². The molecule has 0 atom stereocenters. The van der Waals surface area contributed by atoms with E-state index in [1.165, 1.54) is 0 Å². The SMILES string of the molecule is CC(Br)(Br)CCCl. The summed E-state index contributed by atoms with van der Waals surface area (Å²) in [6.07, 6.45) is 0.939. The molecule has 0 unspecified atom stereocenters. The van der Waals surface area contributed by atoms with Crippen LogP contribution in [-0.4, -0.2) is 9.11 Å². The van der Waals surface area contributed by atoms with E-state index in [4.69, 9.17) is 11.6 Å². The maximum atomic E-state index is 5.43. The second-order valence-corrected chi connectivity index (χ2v) is 6.45. The second kappa shape index (κ2) is 3.31. The fraction of sp³-hybridized carbons (Fsp3) is 1.00. The van der Waals surface area contributed by atoms with Crippen LogP contribution in [0.2, 0.25) is 0 Å². The molecule has 0 bridgehead atoms. The Morgan fingerprint density at radius 2 is 2.00 bits per heavy atom. The molecule has 0 saturated carbocycles. The Bertz CT molecular complexity index is 48.1. The Kier molecular flexibility index (Phi) is 3.90. The molecule has 0 saturated heterocycles. The maximum Gasteiger partial charge on any atom is 0.0789 e. The van der Waals surface area contributed by atoms with Crippen LogP contribution in [-0.2, 0) is 0 Å². The Balaban J connectivity index is 3.15. The molecular formula is C4H7Br2Cl. The summed E-state index contributed by atoms with van der Waals surface area (Å²) in [6.45, 7) is 2.02. The first-order chi connectivity index (χ1) is 3.06. The highest BCUT2D eigenvalue weighted by molar-refractivity contribution is 9.25. The molecule has 0 radical (unpaired) electrons. The predicted molar refractivity (Wildman–Crippen MR) is 41.6 cm³/mol. The van der Waals surface area contributed by atoms with Crippen molar-refractivity contribution in [2.24, 2.45) is 0 Å². The molecule has 0 aliphatic heterocycles. The van der Waals surface area contributed by atoms with E-state index in [0.717, 1.165) is 6.42 Å². The second-order valence-electron chi connectivity index (χ2n) is 1.51. The first-order valence-electron chi connectivity index (χ1n) is 2.00. The highest BCUT2D eigenvalue weighted by atomic mass is 79.9. The van der Waals surface area contributed by atoms with Crippen molar-refractivity contribution in [3.63, 3.8) is 0 Å². The van der Waals surface area contributed by atoms with E-state index in [1.807, 2.05) is 6.92 Å². The smallest absolute Gasteiger partial charge is 0.0789 e. The van der Waals surface area contributed by atoms with Crippen molar-refractivity contribution in [2.45, 2.75) is 16.6 Å². The quantitative estimate of drug-likeness (QED) is 0.661. The number of alkyl halides is 3. The largest absolute Gasteiger partial charge is 0.127 e. The molecule has 0 spiro atoms. The monoisotopic (exact) mass is 248 g/mol. The molecule has 44 valence electrons. The molecule has 0 nitrogen and oxygen atoms in total. The van der Waals surface area contributed by atoms with Crippen LogP contribution >= 0.6 is 43.5 Å².